The fourth-order valence-corrected chi connectivity index (χ4v) is 4.59. The van der Waals surface area contributed by atoms with Crippen molar-refractivity contribution in [2.24, 2.45) is 0 Å². The minimum absolute atomic E-state index is 0.207. The molecule has 0 radical (unpaired) electrons. The molecular weight excluding hydrogens is 509 g/mol. The number of carbonyl (C=O) groups is 1. The van der Waals surface area contributed by atoms with E-state index in [0.717, 1.165) is 29.2 Å². The molecular formula is C25H21F3N4O4S. The van der Waals surface area contributed by atoms with E-state index in [9.17, 15) is 28.2 Å². The van der Waals surface area contributed by atoms with Crippen LogP contribution in [0.25, 0.3) is 10.4 Å². The smallest absolute Gasteiger partial charge is 0.433 e. The van der Waals surface area contributed by atoms with Gasteiger partial charge in [0.1, 0.15) is 10.7 Å². The van der Waals surface area contributed by atoms with Gasteiger partial charge in [0.05, 0.1) is 24.2 Å². The van der Waals surface area contributed by atoms with Crippen LogP contribution in [0.2, 0.25) is 0 Å². The van der Waals surface area contributed by atoms with Gasteiger partial charge < -0.3 is 20.3 Å². The number of rotatable bonds is 7. The highest BCUT2D eigenvalue weighted by atomic mass is 32.1. The van der Waals surface area contributed by atoms with Crippen LogP contribution in [0, 0.1) is 6.92 Å². The number of esters is 1. The number of aromatic nitrogens is 3. The van der Waals surface area contributed by atoms with E-state index >= 15 is 0 Å². The summed E-state index contributed by atoms with van der Waals surface area (Å²) in [6.45, 7) is 1.15. The maximum atomic E-state index is 13.0. The number of nitrogens with zero attached hydrogens (tertiary/aromatic N) is 3. The lowest BCUT2D eigenvalue weighted by Crippen LogP contribution is -2.31. The average Bonchev–Trinajstić information content (AvgIpc) is 3.38. The van der Waals surface area contributed by atoms with Crippen molar-refractivity contribution in [2.45, 2.75) is 18.7 Å². The molecule has 0 amide bonds. The van der Waals surface area contributed by atoms with E-state index in [2.05, 4.69) is 25.0 Å². The third-order valence-corrected chi connectivity index (χ3v) is 6.63. The molecule has 2 aromatic heterocycles. The molecule has 192 valence electrons. The van der Waals surface area contributed by atoms with Crippen LogP contribution in [0.15, 0.2) is 60.9 Å². The number of aliphatic hydroxyl groups is 2. The lowest BCUT2D eigenvalue weighted by atomic mass is 9.94. The topological polar surface area (TPSA) is 117 Å². The van der Waals surface area contributed by atoms with Gasteiger partial charge >= 0.3 is 12.1 Å². The summed E-state index contributed by atoms with van der Waals surface area (Å²) in [6, 6.07) is 12.0. The van der Waals surface area contributed by atoms with Crippen molar-refractivity contribution in [2.75, 3.05) is 19.0 Å². The number of ether oxygens (including phenoxy) is 1. The molecule has 0 fully saturated rings. The number of halogens is 3. The second-order valence-electron chi connectivity index (χ2n) is 8.09. The minimum atomic E-state index is -4.60. The molecule has 8 nitrogen and oxygen atoms in total. The summed E-state index contributed by atoms with van der Waals surface area (Å²) in [6.07, 6.45) is -2.04. The van der Waals surface area contributed by atoms with Gasteiger partial charge in [-0.2, -0.15) is 13.2 Å². The lowest BCUT2D eigenvalue weighted by molar-refractivity contribution is -0.141. The van der Waals surface area contributed by atoms with Gasteiger partial charge in [0.15, 0.2) is 5.60 Å². The van der Waals surface area contributed by atoms with E-state index < -0.39 is 30.0 Å². The molecule has 0 saturated carbocycles. The highest BCUT2D eigenvalue weighted by molar-refractivity contribution is 7.15. The minimum Gasteiger partial charge on any atom is -0.465 e. The molecule has 2 aromatic carbocycles. The fourth-order valence-electron chi connectivity index (χ4n) is 3.58. The van der Waals surface area contributed by atoms with E-state index in [4.69, 9.17) is 0 Å². The van der Waals surface area contributed by atoms with Crippen LogP contribution in [0.1, 0.15) is 32.2 Å². The monoisotopic (exact) mass is 530 g/mol. The molecule has 0 aliphatic rings. The maximum Gasteiger partial charge on any atom is 0.433 e. The molecule has 0 saturated heterocycles. The number of nitrogens with one attached hydrogen (secondary N) is 1. The zero-order chi connectivity index (χ0) is 26.8. The SMILES string of the molecule is COC(=O)c1ccc(C(O)(CO)c2ncc(-c3cc(C)cc(Nc4nccc(C(F)(F)F)n4)c3)s2)cc1. The van der Waals surface area contributed by atoms with Crippen LogP contribution in [-0.4, -0.2) is 44.9 Å². The third-order valence-electron chi connectivity index (χ3n) is 5.44. The fraction of sp³-hybridized carbons (Fsp3) is 0.200. The van der Waals surface area contributed by atoms with Gasteiger partial charge in [0.2, 0.25) is 5.95 Å². The Labute approximate surface area is 213 Å². The number of alkyl halides is 3. The van der Waals surface area contributed by atoms with Gasteiger partial charge in [-0.3, -0.25) is 0 Å². The van der Waals surface area contributed by atoms with Crippen LogP contribution in [-0.2, 0) is 16.5 Å². The molecule has 2 heterocycles. The van der Waals surface area contributed by atoms with Crippen LogP contribution in [0.3, 0.4) is 0 Å². The highest BCUT2D eigenvalue weighted by Crippen LogP contribution is 2.37. The van der Waals surface area contributed by atoms with Crippen molar-refractivity contribution in [1.82, 2.24) is 15.0 Å². The van der Waals surface area contributed by atoms with E-state index in [0.29, 0.717) is 21.7 Å². The Morgan fingerprint density at radius 1 is 1.11 bits per heavy atom. The molecule has 0 spiro atoms. The van der Waals surface area contributed by atoms with Gasteiger partial charge in [0, 0.05) is 18.1 Å². The predicted molar refractivity (Wildman–Crippen MR) is 130 cm³/mol. The summed E-state index contributed by atoms with van der Waals surface area (Å²) in [7, 11) is 1.26. The number of carbonyl (C=O) groups excluding carboxylic acids is 1. The zero-order valence-corrected chi connectivity index (χ0v) is 20.4. The van der Waals surface area contributed by atoms with Crippen molar-refractivity contribution < 1.29 is 32.9 Å². The summed E-state index contributed by atoms with van der Waals surface area (Å²) in [5.74, 6) is -0.739. The van der Waals surface area contributed by atoms with Gasteiger partial charge in [-0.05, 0) is 53.9 Å². The first kappa shape index (κ1) is 26.2. The van der Waals surface area contributed by atoms with Crippen molar-refractivity contribution in [3.05, 3.63) is 88.3 Å². The first-order valence-electron chi connectivity index (χ1n) is 10.8. The third kappa shape index (κ3) is 5.61. The van der Waals surface area contributed by atoms with Gasteiger partial charge in [0.25, 0.3) is 0 Å². The van der Waals surface area contributed by atoms with E-state index in [1.807, 2.05) is 13.0 Å². The number of hydrogen-bond acceptors (Lipinski definition) is 9. The molecule has 12 heteroatoms. The van der Waals surface area contributed by atoms with Gasteiger partial charge in [-0.1, -0.05) is 18.2 Å². The number of thiazole rings is 1. The Morgan fingerprint density at radius 2 is 1.84 bits per heavy atom. The van der Waals surface area contributed by atoms with E-state index in [1.165, 1.54) is 37.6 Å². The molecule has 4 rings (SSSR count). The van der Waals surface area contributed by atoms with E-state index in [1.54, 1.807) is 12.1 Å². The Balaban J connectivity index is 1.63. The van der Waals surface area contributed by atoms with Crippen molar-refractivity contribution in [3.63, 3.8) is 0 Å². The highest BCUT2D eigenvalue weighted by Gasteiger charge is 2.35. The van der Waals surface area contributed by atoms with Crippen LogP contribution < -0.4 is 5.32 Å². The predicted octanol–water partition coefficient (Wildman–Crippen LogP) is 4.69. The summed E-state index contributed by atoms with van der Waals surface area (Å²) >= 11 is 1.14. The normalized spacial score (nSPS) is 13.2. The molecule has 37 heavy (non-hydrogen) atoms. The first-order chi connectivity index (χ1) is 17.5. The molecule has 0 bridgehead atoms. The quantitative estimate of drug-likeness (QED) is 0.295. The Kier molecular flexibility index (Phi) is 7.25. The van der Waals surface area contributed by atoms with Crippen LogP contribution in [0.5, 0.6) is 0 Å². The van der Waals surface area contributed by atoms with Crippen molar-refractivity contribution in [3.8, 4) is 10.4 Å². The average molecular weight is 531 g/mol. The van der Waals surface area contributed by atoms with Crippen LogP contribution >= 0.6 is 11.3 Å². The van der Waals surface area contributed by atoms with Gasteiger partial charge in [-0.25, -0.2) is 19.7 Å². The first-order valence-corrected chi connectivity index (χ1v) is 11.6. The lowest BCUT2D eigenvalue weighted by Gasteiger charge is -2.24. The maximum absolute atomic E-state index is 13.0. The summed E-state index contributed by atoms with van der Waals surface area (Å²) in [5.41, 5.74) is -0.327. The molecule has 0 aliphatic carbocycles. The standard InChI is InChI=1S/C25H21F3N4O4S/c1-14-9-16(11-18(10-14)31-23-29-8-7-20(32-23)25(26,27)28)19-12-30-22(37-19)24(35,13-33)17-5-3-15(4-6-17)21(34)36-2/h3-12,33,35H,13H2,1-2H3,(H,29,31,32). The number of aryl methyl sites for hydroxylation is 1. The summed E-state index contributed by atoms with van der Waals surface area (Å²) in [5, 5.41) is 24.3. The Hall–Kier alpha value is -3.87. The zero-order valence-electron chi connectivity index (χ0n) is 19.6. The molecule has 0 aliphatic heterocycles. The second-order valence-corrected chi connectivity index (χ2v) is 9.12. The molecule has 1 atom stereocenters. The number of hydrogen-bond donors (Lipinski definition) is 3. The van der Waals surface area contributed by atoms with Gasteiger partial charge in [-0.15, -0.1) is 11.3 Å². The van der Waals surface area contributed by atoms with Crippen molar-refractivity contribution in [1.29, 1.82) is 0 Å². The number of anilines is 2. The largest absolute Gasteiger partial charge is 0.465 e. The summed E-state index contributed by atoms with van der Waals surface area (Å²) in [4.78, 5) is 24.0. The van der Waals surface area contributed by atoms with E-state index in [-0.39, 0.29) is 16.5 Å². The summed E-state index contributed by atoms with van der Waals surface area (Å²) < 4.78 is 43.7. The Bertz CT molecular complexity index is 1430. The molecule has 4 aromatic rings. The Morgan fingerprint density at radius 3 is 2.49 bits per heavy atom. The molecule has 1 unspecified atom stereocenters. The van der Waals surface area contributed by atoms with Crippen molar-refractivity contribution >= 4 is 28.9 Å². The van der Waals surface area contributed by atoms with Crippen LogP contribution in [0.4, 0.5) is 24.8 Å². The second kappa shape index (κ2) is 10.2. The number of aliphatic hydroxyl groups excluding tert-OH is 1. The molecule has 3 N–H and O–H groups in total. The number of benzene rings is 2. The number of methoxy groups -OCH3 is 1.